The Bertz CT molecular complexity index is 1220. The van der Waals surface area contributed by atoms with Crippen molar-refractivity contribution in [2.45, 2.75) is 17.0 Å². The molecule has 0 saturated carbocycles. The van der Waals surface area contributed by atoms with E-state index in [2.05, 4.69) is 20.2 Å². The minimum Gasteiger partial charge on any atom is -0.485 e. The molecule has 8 nitrogen and oxygen atoms in total. The number of benzene rings is 1. The van der Waals surface area contributed by atoms with E-state index in [9.17, 15) is 4.79 Å². The molecule has 4 aromatic rings. The highest BCUT2D eigenvalue weighted by Gasteiger charge is 2.27. The fraction of sp³-hybridized carbons (Fsp3) is 0.222. The highest BCUT2D eigenvalue weighted by molar-refractivity contribution is 7.98. The van der Waals surface area contributed by atoms with Gasteiger partial charge in [-0.1, -0.05) is 23.9 Å². The quantitative estimate of drug-likeness (QED) is 0.514. The highest BCUT2D eigenvalue weighted by atomic mass is 32.2. The summed E-state index contributed by atoms with van der Waals surface area (Å²) in [5.41, 5.74) is 0.607. The standard InChI is InChI=1S/C18H15N5O3S2/c1-23-16(13-8-25-11-4-2-3-5-12(11)26-13)21-22-18(23)28-9-14-19-10-6-7-27-15(10)17(24)20-14/h2-7,13H,8-9H2,1H3,(H,19,20,24)/t13-/m1/s1. The maximum atomic E-state index is 12.1. The Kier molecular flexibility index (Phi) is 4.29. The van der Waals surface area contributed by atoms with Gasteiger partial charge in [-0.15, -0.1) is 21.5 Å². The van der Waals surface area contributed by atoms with Crippen LogP contribution in [0, 0.1) is 0 Å². The number of ether oxygens (including phenoxy) is 2. The predicted molar refractivity (Wildman–Crippen MR) is 106 cm³/mol. The Morgan fingerprint density at radius 2 is 2.14 bits per heavy atom. The number of nitrogens with one attached hydrogen (secondary N) is 1. The molecule has 0 fully saturated rings. The summed E-state index contributed by atoms with van der Waals surface area (Å²) in [7, 11) is 1.89. The summed E-state index contributed by atoms with van der Waals surface area (Å²) in [5, 5.41) is 11.1. The first kappa shape index (κ1) is 17.3. The van der Waals surface area contributed by atoms with Crippen molar-refractivity contribution in [1.29, 1.82) is 0 Å². The van der Waals surface area contributed by atoms with E-state index in [0.29, 0.717) is 39.6 Å². The molecule has 1 N–H and O–H groups in total. The average molecular weight is 413 g/mol. The van der Waals surface area contributed by atoms with E-state index in [1.807, 2.05) is 47.3 Å². The number of aromatic amines is 1. The number of thiophene rings is 1. The summed E-state index contributed by atoms with van der Waals surface area (Å²) in [6.07, 6.45) is -0.332. The first-order valence-corrected chi connectivity index (χ1v) is 10.4. The molecule has 0 bridgehead atoms. The van der Waals surface area contributed by atoms with Gasteiger partial charge in [-0.3, -0.25) is 4.79 Å². The van der Waals surface area contributed by atoms with E-state index in [0.717, 1.165) is 11.3 Å². The van der Waals surface area contributed by atoms with Crippen LogP contribution in [0.5, 0.6) is 11.5 Å². The van der Waals surface area contributed by atoms with Crippen molar-refractivity contribution >= 4 is 33.3 Å². The Hall–Kier alpha value is -2.85. The molecule has 10 heteroatoms. The lowest BCUT2D eigenvalue weighted by molar-refractivity contribution is 0.0825. The molecule has 28 heavy (non-hydrogen) atoms. The minimum atomic E-state index is -0.332. The van der Waals surface area contributed by atoms with Gasteiger partial charge in [-0.25, -0.2) is 4.98 Å². The van der Waals surface area contributed by atoms with Crippen LogP contribution in [0.1, 0.15) is 17.8 Å². The molecule has 0 spiro atoms. The van der Waals surface area contributed by atoms with Crippen LogP contribution in [0.3, 0.4) is 0 Å². The van der Waals surface area contributed by atoms with Gasteiger partial charge in [0.25, 0.3) is 5.56 Å². The lowest BCUT2D eigenvalue weighted by atomic mass is 10.2. The zero-order chi connectivity index (χ0) is 19.1. The zero-order valence-corrected chi connectivity index (χ0v) is 16.4. The van der Waals surface area contributed by atoms with Crippen molar-refractivity contribution < 1.29 is 9.47 Å². The van der Waals surface area contributed by atoms with E-state index in [1.165, 1.54) is 23.1 Å². The van der Waals surface area contributed by atoms with Crippen molar-refractivity contribution in [1.82, 2.24) is 24.7 Å². The first-order valence-electron chi connectivity index (χ1n) is 8.56. The number of thioether (sulfide) groups is 1. The van der Waals surface area contributed by atoms with Crippen LogP contribution in [0.15, 0.2) is 45.7 Å². The second-order valence-electron chi connectivity index (χ2n) is 6.20. The van der Waals surface area contributed by atoms with Crippen molar-refractivity contribution in [3.8, 4) is 11.5 Å². The topological polar surface area (TPSA) is 94.9 Å². The normalized spacial score (nSPS) is 15.8. The smallest absolute Gasteiger partial charge is 0.268 e. The third kappa shape index (κ3) is 3.04. The number of nitrogens with zero attached hydrogens (tertiary/aromatic N) is 4. The molecule has 1 aliphatic rings. The summed E-state index contributed by atoms with van der Waals surface area (Å²) in [6.45, 7) is 0.372. The second-order valence-corrected chi connectivity index (χ2v) is 8.06. The molecule has 4 heterocycles. The molecule has 1 aromatic carbocycles. The molecule has 1 aliphatic heterocycles. The minimum absolute atomic E-state index is 0.110. The lowest BCUT2D eigenvalue weighted by Crippen LogP contribution is -2.24. The van der Waals surface area contributed by atoms with E-state index < -0.39 is 0 Å². The number of aromatic nitrogens is 5. The number of H-pyrrole nitrogens is 1. The number of para-hydroxylation sites is 2. The van der Waals surface area contributed by atoms with E-state index in [4.69, 9.17) is 9.47 Å². The van der Waals surface area contributed by atoms with Crippen LogP contribution < -0.4 is 15.0 Å². The molecule has 0 radical (unpaired) electrons. The van der Waals surface area contributed by atoms with Crippen molar-refractivity contribution in [3.63, 3.8) is 0 Å². The van der Waals surface area contributed by atoms with Gasteiger partial charge in [-0.2, -0.15) is 0 Å². The van der Waals surface area contributed by atoms with Crippen molar-refractivity contribution in [3.05, 3.63) is 57.7 Å². The van der Waals surface area contributed by atoms with Gasteiger partial charge in [-0.05, 0) is 23.6 Å². The summed E-state index contributed by atoms with van der Waals surface area (Å²) in [4.78, 5) is 19.4. The van der Waals surface area contributed by atoms with E-state index in [1.54, 1.807) is 0 Å². The summed E-state index contributed by atoms with van der Waals surface area (Å²) in [6, 6.07) is 9.41. The van der Waals surface area contributed by atoms with Gasteiger partial charge in [0.15, 0.2) is 28.6 Å². The number of hydrogen-bond donors (Lipinski definition) is 1. The third-order valence-corrected chi connectivity index (χ3v) is 6.30. The van der Waals surface area contributed by atoms with Gasteiger partial charge >= 0.3 is 0 Å². The molecule has 1 atom stereocenters. The molecular weight excluding hydrogens is 398 g/mol. The molecule has 0 amide bonds. The maximum absolute atomic E-state index is 12.1. The second kappa shape index (κ2) is 6.95. The molecule has 5 rings (SSSR count). The summed E-state index contributed by atoms with van der Waals surface area (Å²) in [5.74, 6) is 3.21. The Balaban J connectivity index is 1.33. The maximum Gasteiger partial charge on any atom is 0.268 e. The van der Waals surface area contributed by atoms with Crippen LogP contribution in [0.2, 0.25) is 0 Å². The fourth-order valence-corrected chi connectivity index (χ4v) is 4.52. The molecule has 0 aliphatic carbocycles. The number of fused-ring (bicyclic) bond motifs is 2. The Morgan fingerprint density at radius 1 is 1.29 bits per heavy atom. The van der Waals surface area contributed by atoms with Crippen molar-refractivity contribution in [2.75, 3.05) is 6.61 Å². The van der Waals surface area contributed by atoms with Gasteiger partial charge < -0.3 is 19.0 Å². The lowest BCUT2D eigenvalue weighted by Gasteiger charge is -2.25. The van der Waals surface area contributed by atoms with E-state index >= 15 is 0 Å². The van der Waals surface area contributed by atoms with Crippen LogP contribution in [0.25, 0.3) is 10.2 Å². The molecule has 0 unspecified atom stereocenters. The van der Waals surface area contributed by atoms with Crippen LogP contribution in [0.4, 0.5) is 0 Å². The van der Waals surface area contributed by atoms with Gasteiger partial charge in [0.2, 0.25) is 0 Å². The molecule has 0 saturated heterocycles. The summed E-state index contributed by atoms with van der Waals surface area (Å²) >= 11 is 2.84. The van der Waals surface area contributed by atoms with Crippen LogP contribution in [-0.2, 0) is 12.8 Å². The van der Waals surface area contributed by atoms with Gasteiger partial charge in [0.1, 0.15) is 17.1 Å². The SMILES string of the molecule is Cn1c(SCc2nc3ccsc3c(=O)[nH]2)nnc1[C@H]1COc2ccccc2O1. The van der Waals surface area contributed by atoms with Crippen LogP contribution >= 0.6 is 23.1 Å². The monoisotopic (exact) mass is 413 g/mol. The molecular formula is C18H15N5O3S2. The van der Waals surface area contributed by atoms with Crippen molar-refractivity contribution in [2.24, 2.45) is 7.05 Å². The van der Waals surface area contributed by atoms with Gasteiger partial charge in [0.05, 0.1) is 11.3 Å². The Labute approximate surface area is 167 Å². The van der Waals surface area contributed by atoms with E-state index in [-0.39, 0.29) is 11.7 Å². The highest BCUT2D eigenvalue weighted by Crippen LogP contribution is 2.35. The number of hydrogen-bond acceptors (Lipinski definition) is 8. The zero-order valence-electron chi connectivity index (χ0n) is 14.8. The Morgan fingerprint density at radius 3 is 3.04 bits per heavy atom. The first-order chi connectivity index (χ1) is 13.7. The largest absolute Gasteiger partial charge is 0.485 e. The summed E-state index contributed by atoms with van der Waals surface area (Å²) < 4.78 is 14.3. The predicted octanol–water partition coefficient (Wildman–Crippen LogP) is 2.92. The number of rotatable bonds is 4. The average Bonchev–Trinajstić information content (AvgIpc) is 3.33. The third-order valence-electron chi connectivity index (χ3n) is 4.37. The molecule has 142 valence electrons. The van der Waals surface area contributed by atoms with Crippen LogP contribution in [-0.4, -0.2) is 31.3 Å². The molecule has 3 aromatic heterocycles. The van der Waals surface area contributed by atoms with Gasteiger partial charge in [0, 0.05) is 7.05 Å². The fourth-order valence-electron chi connectivity index (χ4n) is 3.00.